The number of sulfonamides is 1. The summed E-state index contributed by atoms with van der Waals surface area (Å²) in [5.41, 5.74) is 1.54. The SMILES string of the molecule is Cc1nc(S(=O)(=O)N2CCCC(c3nc4ccccc4o3)C2)cn1C. The monoisotopic (exact) mass is 360 g/mol. The molecule has 0 radical (unpaired) electrons. The molecular weight excluding hydrogens is 340 g/mol. The fraction of sp³-hybridized carbons (Fsp3) is 0.412. The molecule has 25 heavy (non-hydrogen) atoms. The van der Waals surface area contributed by atoms with Crippen molar-refractivity contribution in [3.8, 4) is 0 Å². The van der Waals surface area contributed by atoms with Crippen LogP contribution in [0.1, 0.15) is 30.5 Å². The van der Waals surface area contributed by atoms with Crippen LogP contribution in [-0.2, 0) is 17.1 Å². The van der Waals surface area contributed by atoms with E-state index in [4.69, 9.17) is 4.42 Å². The van der Waals surface area contributed by atoms with Crippen LogP contribution in [0.2, 0.25) is 0 Å². The number of rotatable bonds is 3. The predicted molar refractivity (Wildman–Crippen MR) is 92.7 cm³/mol. The summed E-state index contributed by atoms with van der Waals surface area (Å²) in [6, 6.07) is 7.59. The first kappa shape index (κ1) is 16.3. The van der Waals surface area contributed by atoms with Crippen molar-refractivity contribution in [2.24, 2.45) is 7.05 Å². The van der Waals surface area contributed by atoms with Crippen LogP contribution in [0.25, 0.3) is 11.1 Å². The average Bonchev–Trinajstić information content (AvgIpc) is 3.19. The number of imidazole rings is 1. The first-order chi connectivity index (χ1) is 11.9. The molecule has 0 N–H and O–H groups in total. The number of fused-ring (bicyclic) bond motifs is 1. The highest BCUT2D eigenvalue weighted by molar-refractivity contribution is 7.89. The maximum Gasteiger partial charge on any atom is 0.262 e. The van der Waals surface area contributed by atoms with Crippen LogP contribution in [0.3, 0.4) is 0 Å². The Labute approximate surface area is 146 Å². The first-order valence-corrected chi connectivity index (χ1v) is 9.75. The molecule has 0 amide bonds. The first-order valence-electron chi connectivity index (χ1n) is 8.31. The summed E-state index contributed by atoms with van der Waals surface area (Å²) in [4.78, 5) is 8.72. The Morgan fingerprint density at radius 1 is 1.24 bits per heavy atom. The molecule has 8 heteroatoms. The third-order valence-electron chi connectivity index (χ3n) is 4.73. The molecule has 1 saturated heterocycles. The Morgan fingerprint density at radius 2 is 2.04 bits per heavy atom. The van der Waals surface area contributed by atoms with Crippen LogP contribution >= 0.6 is 0 Å². The second kappa shape index (κ2) is 5.96. The Kier molecular flexibility index (Phi) is 3.88. The number of oxazole rings is 1. The molecule has 0 bridgehead atoms. The van der Waals surface area contributed by atoms with E-state index in [0.717, 1.165) is 23.9 Å². The minimum Gasteiger partial charge on any atom is -0.440 e. The molecule has 1 fully saturated rings. The van der Waals surface area contributed by atoms with Crippen LogP contribution in [0.4, 0.5) is 0 Å². The van der Waals surface area contributed by atoms with E-state index < -0.39 is 10.0 Å². The summed E-state index contributed by atoms with van der Waals surface area (Å²) in [5.74, 6) is 1.24. The lowest BCUT2D eigenvalue weighted by molar-refractivity contribution is 0.288. The maximum atomic E-state index is 12.9. The molecular formula is C17H20N4O3S. The van der Waals surface area contributed by atoms with E-state index in [-0.39, 0.29) is 10.9 Å². The van der Waals surface area contributed by atoms with Crippen molar-refractivity contribution in [2.45, 2.75) is 30.7 Å². The van der Waals surface area contributed by atoms with Gasteiger partial charge >= 0.3 is 0 Å². The highest BCUT2D eigenvalue weighted by atomic mass is 32.2. The van der Waals surface area contributed by atoms with Gasteiger partial charge in [-0.25, -0.2) is 18.4 Å². The summed E-state index contributed by atoms with van der Waals surface area (Å²) in [5, 5.41) is 0.103. The Hall–Kier alpha value is -2.19. The van der Waals surface area contributed by atoms with Gasteiger partial charge in [0.25, 0.3) is 10.0 Å². The summed E-state index contributed by atoms with van der Waals surface area (Å²) in [7, 11) is -1.81. The van der Waals surface area contributed by atoms with Crippen molar-refractivity contribution < 1.29 is 12.8 Å². The normalized spacial score (nSPS) is 19.5. The summed E-state index contributed by atoms with van der Waals surface area (Å²) in [6.45, 7) is 2.65. The molecule has 4 rings (SSSR count). The van der Waals surface area contributed by atoms with Gasteiger partial charge < -0.3 is 8.98 Å². The number of nitrogens with zero attached hydrogens (tertiary/aromatic N) is 4. The van der Waals surface area contributed by atoms with Crippen molar-refractivity contribution in [1.82, 2.24) is 18.8 Å². The molecule has 1 aliphatic rings. The topological polar surface area (TPSA) is 81.2 Å². The van der Waals surface area contributed by atoms with Crippen molar-refractivity contribution in [2.75, 3.05) is 13.1 Å². The predicted octanol–water partition coefficient (Wildman–Crippen LogP) is 2.44. The molecule has 3 aromatic rings. The Balaban J connectivity index is 1.62. The van der Waals surface area contributed by atoms with Gasteiger partial charge in [-0.05, 0) is 31.9 Å². The van der Waals surface area contributed by atoms with Gasteiger partial charge in [-0.3, -0.25) is 0 Å². The third kappa shape index (κ3) is 2.85. The quantitative estimate of drug-likeness (QED) is 0.716. The highest BCUT2D eigenvalue weighted by Crippen LogP contribution is 2.31. The van der Waals surface area contributed by atoms with Crippen molar-refractivity contribution in [3.05, 3.63) is 42.2 Å². The second-order valence-corrected chi connectivity index (χ2v) is 8.34. The minimum atomic E-state index is -3.60. The molecule has 1 aliphatic heterocycles. The van der Waals surface area contributed by atoms with Crippen LogP contribution in [0.5, 0.6) is 0 Å². The van der Waals surface area contributed by atoms with Gasteiger partial charge in [0.2, 0.25) is 0 Å². The number of hydrogen-bond donors (Lipinski definition) is 0. The van der Waals surface area contributed by atoms with Crippen LogP contribution in [-0.4, -0.2) is 40.3 Å². The molecule has 3 heterocycles. The fourth-order valence-corrected chi connectivity index (χ4v) is 4.76. The smallest absolute Gasteiger partial charge is 0.262 e. The zero-order valence-corrected chi connectivity index (χ0v) is 15.0. The van der Waals surface area contributed by atoms with Crippen LogP contribution in [0.15, 0.2) is 39.9 Å². The van der Waals surface area contributed by atoms with Crippen LogP contribution < -0.4 is 0 Å². The van der Waals surface area contributed by atoms with Gasteiger partial charge in [-0.1, -0.05) is 12.1 Å². The number of piperidine rings is 1. The molecule has 2 aromatic heterocycles. The number of aryl methyl sites for hydroxylation is 2. The van der Waals surface area contributed by atoms with Crippen molar-refractivity contribution in [3.63, 3.8) is 0 Å². The molecule has 1 unspecified atom stereocenters. The third-order valence-corrected chi connectivity index (χ3v) is 6.47. The molecule has 0 saturated carbocycles. The van der Waals surface area contributed by atoms with Gasteiger partial charge in [0.15, 0.2) is 16.5 Å². The van der Waals surface area contributed by atoms with Gasteiger partial charge in [-0.2, -0.15) is 4.31 Å². The van der Waals surface area contributed by atoms with Gasteiger partial charge in [-0.15, -0.1) is 0 Å². The number of para-hydroxylation sites is 2. The fourth-order valence-electron chi connectivity index (χ4n) is 3.21. The second-order valence-electron chi connectivity index (χ2n) is 6.46. The largest absolute Gasteiger partial charge is 0.440 e. The minimum absolute atomic E-state index is 0.0410. The Morgan fingerprint density at radius 3 is 2.76 bits per heavy atom. The standard InChI is InChI=1S/C17H20N4O3S/c1-12-18-16(11-20(12)2)25(22,23)21-9-5-6-13(10-21)17-19-14-7-3-4-8-15(14)24-17/h3-4,7-8,11,13H,5-6,9-10H2,1-2H3. The molecule has 0 spiro atoms. The molecule has 132 valence electrons. The Bertz CT molecular complexity index is 969. The molecule has 1 aromatic carbocycles. The number of hydrogen-bond acceptors (Lipinski definition) is 5. The molecule has 7 nitrogen and oxygen atoms in total. The van der Waals surface area contributed by atoms with E-state index >= 15 is 0 Å². The summed E-state index contributed by atoms with van der Waals surface area (Å²) >= 11 is 0. The van der Waals surface area contributed by atoms with Crippen molar-refractivity contribution in [1.29, 1.82) is 0 Å². The molecule has 0 aliphatic carbocycles. The van der Waals surface area contributed by atoms with E-state index in [2.05, 4.69) is 9.97 Å². The summed E-state index contributed by atoms with van der Waals surface area (Å²) in [6.07, 6.45) is 3.20. The lowest BCUT2D eigenvalue weighted by atomic mass is 10.00. The lowest BCUT2D eigenvalue weighted by Crippen LogP contribution is -2.39. The van der Waals surface area contributed by atoms with Crippen molar-refractivity contribution >= 4 is 21.1 Å². The van der Waals surface area contributed by atoms with E-state index in [9.17, 15) is 8.42 Å². The van der Waals surface area contributed by atoms with E-state index in [1.807, 2.05) is 24.3 Å². The zero-order chi connectivity index (χ0) is 17.6. The number of aromatic nitrogens is 3. The van der Waals surface area contributed by atoms with E-state index in [0.29, 0.717) is 24.8 Å². The molecule has 1 atom stereocenters. The maximum absolute atomic E-state index is 12.9. The van der Waals surface area contributed by atoms with Gasteiger partial charge in [0, 0.05) is 32.3 Å². The lowest BCUT2D eigenvalue weighted by Gasteiger charge is -2.29. The van der Waals surface area contributed by atoms with Gasteiger partial charge in [0.05, 0.1) is 0 Å². The number of benzene rings is 1. The van der Waals surface area contributed by atoms with Gasteiger partial charge in [0.1, 0.15) is 11.3 Å². The van der Waals surface area contributed by atoms with E-state index in [1.54, 1.807) is 24.7 Å². The van der Waals surface area contributed by atoms with E-state index in [1.165, 1.54) is 4.31 Å². The average molecular weight is 360 g/mol. The summed E-state index contributed by atoms with van der Waals surface area (Å²) < 4.78 is 34.9. The van der Waals surface area contributed by atoms with Crippen LogP contribution in [0, 0.1) is 6.92 Å². The highest BCUT2D eigenvalue weighted by Gasteiger charge is 2.34. The zero-order valence-electron chi connectivity index (χ0n) is 14.2.